The first-order valence-electron chi connectivity index (χ1n) is 27.9. The SMILES string of the molecule is [2H]C([2H])([2H])c1ccccc1-c1cc2c(nc1Oc1cccc(-n3[c](=[Pt])n(-c4c(-c5ccccc5)cc(C(C)(C)C)cc4-c4ccc(C(C)(C)C)cc4)c4ccccc43)c1)N1B3c4c(cccc4-2)-c2ccccc2N3c2ccccc21. The van der Waals surface area contributed by atoms with Gasteiger partial charge in [0.15, 0.2) is 0 Å². The molecule has 6 nitrogen and oxygen atoms in total. The van der Waals surface area contributed by atoms with Gasteiger partial charge in [0.2, 0.25) is 0 Å². The van der Waals surface area contributed by atoms with E-state index in [4.69, 9.17) is 13.8 Å². The van der Waals surface area contributed by atoms with Crippen molar-refractivity contribution in [3.63, 3.8) is 0 Å². The summed E-state index contributed by atoms with van der Waals surface area (Å²) in [5.74, 6) is 1.59. The summed E-state index contributed by atoms with van der Waals surface area (Å²) in [4.78, 5) is 10.4. The van der Waals surface area contributed by atoms with Crippen LogP contribution in [0.2, 0.25) is 0 Å². The molecule has 0 bridgehead atoms. The van der Waals surface area contributed by atoms with Crippen LogP contribution < -0.4 is 19.8 Å². The molecule has 9 aromatic carbocycles. The summed E-state index contributed by atoms with van der Waals surface area (Å²) in [5, 5.41) is 0. The minimum atomic E-state index is -2.41. The molecule has 11 aromatic rings. The third-order valence-corrected chi connectivity index (χ3v) is 16.8. The quantitative estimate of drug-likeness (QED) is 0.149. The maximum absolute atomic E-state index is 8.78. The van der Waals surface area contributed by atoms with Gasteiger partial charge in [0.1, 0.15) is 0 Å². The molecule has 5 heterocycles. The fraction of sp³-hybridized carbons (Fsp3) is 0.130. The predicted molar refractivity (Wildman–Crippen MR) is 316 cm³/mol. The van der Waals surface area contributed by atoms with Crippen molar-refractivity contribution >= 4 is 46.4 Å². The topological polar surface area (TPSA) is 38.5 Å². The Morgan fingerprint density at radius 1 is 0.468 bits per heavy atom. The zero-order valence-corrected chi connectivity index (χ0v) is 46.0. The van der Waals surface area contributed by atoms with Gasteiger partial charge in [0, 0.05) is 11.3 Å². The first-order valence-corrected chi connectivity index (χ1v) is 27.5. The van der Waals surface area contributed by atoms with Crippen LogP contribution in [0, 0.1) is 10.7 Å². The molecule has 77 heavy (non-hydrogen) atoms. The van der Waals surface area contributed by atoms with Gasteiger partial charge in [0.25, 0.3) is 0 Å². The molecule has 0 amide bonds. The molecule has 0 fully saturated rings. The van der Waals surface area contributed by atoms with Gasteiger partial charge in [-0.2, -0.15) is 0 Å². The summed E-state index contributed by atoms with van der Waals surface area (Å²) in [6.45, 7) is 11.0. The van der Waals surface area contributed by atoms with E-state index in [1.54, 1.807) is 12.1 Å². The number of pyridine rings is 1. The van der Waals surface area contributed by atoms with E-state index in [1.807, 2.05) is 24.3 Å². The number of nitrogens with zero attached hydrogens (tertiary/aromatic N) is 5. The Labute approximate surface area is 466 Å². The number of hydrogen-bond donors (Lipinski definition) is 0. The third kappa shape index (κ3) is 7.49. The molecule has 0 spiro atoms. The molecule has 14 rings (SSSR count). The van der Waals surface area contributed by atoms with E-state index in [-0.39, 0.29) is 23.4 Å². The fourth-order valence-electron chi connectivity index (χ4n) is 12.0. The van der Waals surface area contributed by atoms with Crippen molar-refractivity contribution in [2.24, 2.45) is 0 Å². The number of ether oxygens (including phenoxy) is 1. The number of para-hydroxylation sites is 5. The van der Waals surface area contributed by atoms with Crippen LogP contribution >= 0.6 is 0 Å². The second kappa shape index (κ2) is 17.7. The summed E-state index contributed by atoms with van der Waals surface area (Å²) in [6.07, 6.45) is 0. The van der Waals surface area contributed by atoms with Crippen LogP contribution in [0.4, 0.5) is 22.9 Å². The first-order chi connectivity index (χ1) is 38.5. The third-order valence-electron chi connectivity index (χ3n) is 15.8. The average molecular weight is 1180 g/mol. The molecular weight excluding hydrogens is 1120 g/mol. The number of anilines is 4. The van der Waals surface area contributed by atoms with Crippen molar-refractivity contribution in [2.75, 3.05) is 9.62 Å². The van der Waals surface area contributed by atoms with E-state index in [9.17, 15) is 0 Å². The second-order valence-electron chi connectivity index (χ2n) is 22.5. The molecule has 0 saturated heterocycles. The van der Waals surface area contributed by atoms with Crippen LogP contribution in [0.1, 0.15) is 62.3 Å². The van der Waals surface area contributed by atoms with E-state index in [2.05, 4.69) is 256 Å². The van der Waals surface area contributed by atoms with Gasteiger partial charge < -0.3 is 0 Å². The van der Waals surface area contributed by atoms with Gasteiger partial charge in [-0.1, -0.05) is 42.5 Å². The standard InChI is InChI=1S/C69H56BN5O.Pt/c1-44-21-11-12-26-51(44)58-42-57-54-29-20-28-53-52-27-13-14-30-59(52)74-62-33-17-18-34-63(62)75(70(74)64(53)54)66(57)71-67(58)76-50-25-19-24-49(41-50)72-43-73(61-32-16-15-31-60(61)72)65-55(45-22-9-8-10-23-45)39-48(69(5,6)7)40-56(65)46-35-37-47(38-36-46)68(2,3)4;/h8-42H,1-7H3;/i1D3;. The summed E-state index contributed by atoms with van der Waals surface area (Å²) in [5.41, 5.74) is 21.1. The van der Waals surface area contributed by atoms with Crippen LogP contribution in [0.15, 0.2) is 212 Å². The molecule has 0 unspecified atom stereocenters. The number of hydrogen-bond acceptors (Lipinski definition) is 4. The van der Waals surface area contributed by atoms with Gasteiger partial charge >= 0.3 is 398 Å². The monoisotopic (exact) mass is 1180 g/mol. The van der Waals surface area contributed by atoms with E-state index < -0.39 is 6.85 Å². The summed E-state index contributed by atoms with van der Waals surface area (Å²) >= 11 is 2.51. The fourth-order valence-corrected chi connectivity index (χ4v) is 13.1. The van der Waals surface area contributed by atoms with Gasteiger partial charge in [-0.25, -0.2) is 0 Å². The van der Waals surface area contributed by atoms with Crippen molar-refractivity contribution in [3.8, 4) is 78.6 Å². The number of aromatic nitrogens is 3. The minimum absolute atomic E-state index is 0.000841. The van der Waals surface area contributed by atoms with Crippen LogP contribution in [0.5, 0.6) is 11.6 Å². The Balaban J connectivity index is 0.972. The van der Waals surface area contributed by atoms with E-state index in [0.717, 1.165) is 82.5 Å². The molecule has 0 aliphatic carbocycles. The first kappa shape index (κ1) is 43.9. The Morgan fingerprint density at radius 2 is 1.04 bits per heavy atom. The van der Waals surface area contributed by atoms with E-state index in [1.165, 1.54) is 27.7 Å². The summed E-state index contributed by atoms with van der Waals surface area (Å²) in [7, 11) is 0. The molecule has 3 aliphatic rings. The van der Waals surface area contributed by atoms with Gasteiger partial charge in [-0.05, 0) is 17.7 Å². The predicted octanol–water partition coefficient (Wildman–Crippen LogP) is 17.2. The maximum atomic E-state index is 8.78. The van der Waals surface area contributed by atoms with Gasteiger partial charge in [-0.15, -0.1) is 0 Å². The number of benzene rings is 9. The molecular formula is C69H56BN5OPt. The van der Waals surface area contributed by atoms with Crippen LogP contribution in [-0.4, -0.2) is 21.1 Å². The summed E-state index contributed by atoms with van der Waals surface area (Å²) in [6, 6.07) is 74.5. The zero-order valence-electron chi connectivity index (χ0n) is 46.7. The number of aryl methyl sites for hydroxylation is 1. The number of fused-ring (bicyclic) bond motifs is 10. The Hall–Kier alpha value is -8.25. The molecule has 8 heteroatoms. The molecule has 376 valence electrons. The Morgan fingerprint density at radius 3 is 1.74 bits per heavy atom. The van der Waals surface area contributed by atoms with Crippen molar-refractivity contribution in [1.82, 2.24) is 14.1 Å². The molecule has 0 N–H and O–H groups in total. The van der Waals surface area contributed by atoms with Crippen molar-refractivity contribution < 1.29 is 28.2 Å². The zero-order chi connectivity index (χ0) is 55.0. The van der Waals surface area contributed by atoms with E-state index in [0.29, 0.717) is 22.8 Å². The van der Waals surface area contributed by atoms with E-state index >= 15 is 0 Å². The van der Waals surface area contributed by atoms with Crippen LogP contribution in [0.3, 0.4) is 0 Å². The normalized spacial score (nSPS) is 13.9. The summed E-state index contributed by atoms with van der Waals surface area (Å²) < 4.78 is 39.3. The Kier molecular flexibility index (Phi) is 10.1. The Bertz CT molecular complexity index is 4400. The molecule has 0 saturated carbocycles. The van der Waals surface area contributed by atoms with Crippen molar-refractivity contribution in [2.45, 2.75) is 59.2 Å². The number of imidazole rings is 1. The van der Waals surface area contributed by atoms with Crippen LogP contribution in [-0.2, 0) is 30.2 Å². The van der Waals surface area contributed by atoms with Crippen LogP contribution in [0.25, 0.3) is 78.0 Å². The van der Waals surface area contributed by atoms with Crippen molar-refractivity contribution in [3.05, 3.63) is 233 Å². The molecule has 3 aliphatic heterocycles. The number of rotatable bonds is 7. The second-order valence-corrected chi connectivity index (χ2v) is 23.5. The molecule has 0 radical (unpaired) electrons. The molecule has 0 atom stereocenters. The van der Waals surface area contributed by atoms with Gasteiger partial charge in [-0.3, -0.25) is 0 Å². The van der Waals surface area contributed by atoms with Gasteiger partial charge in [0.05, 0.1) is 0 Å². The molecule has 2 aromatic heterocycles. The average Bonchev–Trinajstić information content (AvgIpc) is 4.05. The van der Waals surface area contributed by atoms with Crippen molar-refractivity contribution in [1.29, 1.82) is 0 Å².